The van der Waals surface area contributed by atoms with Crippen molar-refractivity contribution < 1.29 is 9.26 Å². The Morgan fingerprint density at radius 1 is 1.38 bits per heavy atom. The Kier molecular flexibility index (Phi) is 4.92. The molecule has 7 heteroatoms. The van der Waals surface area contributed by atoms with E-state index < -0.39 is 0 Å². The summed E-state index contributed by atoms with van der Waals surface area (Å²) in [5.74, 6) is 0.590. The van der Waals surface area contributed by atoms with Gasteiger partial charge >= 0.3 is 0 Å². The number of rotatable bonds is 5. The van der Waals surface area contributed by atoms with E-state index in [1.807, 2.05) is 24.3 Å². The zero-order chi connectivity index (χ0) is 20.4. The average molecular weight is 387 g/mol. The molecular weight excluding hydrogens is 366 g/mol. The zero-order valence-corrected chi connectivity index (χ0v) is 16.0. The van der Waals surface area contributed by atoms with E-state index in [0.29, 0.717) is 28.1 Å². The van der Waals surface area contributed by atoms with E-state index in [-0.39, 0.29) is 11.8 Å². The third-order valence-corrected chi connectivity index (χ3v) is 5.28. The standard InChI is InChI=1S/C22H21N5O2/c1-28-21-9-17-13(7-14(21)10-23)3-2-4-20(17)27-16-5-6-19(24)18(8-16)22(25)15-11-26-29-12-15/h5-9,11-12,20,25,27H,2-4,24H2,1H3. The molecule has 29 heavy (non-hydrogen) atoms. The van der Waals surface area contributed by atoms with Crippen LogP contribution < -0.4 is 15.8 Å². The van der Waals surface area contributed by atoms with Crippen LogP contribution in [0.4, 0.5) is 11.4 Å². The smallest absolute Gasteiger partial charge is 0.136 e. The molecule has 0 radical (unpaired) electrons. The van der Waals surface area contributed by atoms with Crippen molar-refractivity contribution in [2.75, 3.05) is 18.2 Å². The zero-order valence-electron chi connectivity index (χ0n) is 16.0. The molecule has 0 saturated carbocycles. The molecule has 4 rings (SSSR count). The summed E-state index contributed by atoms with van der Waals surface area (Å²) in [6.45, 7) is 0. The number of nitriles is 1. The molecule has 2 aromatic carbocycles. The Morgan fingerprint density at radius 2 is 2.24 bits per heavy atom. The van der Waals surface area contributed by atoms with Gasteiger partial charge in [0.15, 0.2) is 0 Å². The molecule has 146 valence electrons. The van der Waals surface area contributed by atoms with Crippen molar-refractivity contribution in [3.8, 4) is 11.8 Å². The summed E-state index contributed by atoms with van der Waals surface area (Å²) in [5, 5.41) is 25.0. The van der Waals surface area contributed by atoms with Crippen LogP contribution in [-0.2, 0) is 6.42 Å². The lowest BCUT2D eigenvalue weighted by Crippen LogP contribution is -2.18. The van der Waals surface area contributed by atoms with Gasteiger partial charge in [-0.05, 0) is 60.7 Å². The van der Waals surface area contributed by atoms with Crippen molar-refractivity contribution in [2.45, 2.75) is 25.3 Å². The molecule has 4 N–H and O–H groups in total. The molecule has 3 aromatic rings. The lowest BCUT2D eigenvalue weighted by atomic mass is 9.86. The highest BCUT2D eigenvalue weighted by molar-refractivity contribution is 6.13. The van der Waals surface area contributed by atoms with Gasteiger partial charge in [-0.15, -0.1) is 0 Å². The highest BCUT2D eigenvalue weighted by Gasteiger charge is 2.23. The fourth-order valence-corrected chi connectivity index (χ4v) is 3.79. The van der Waals surface area contributed by atoms with Crippen molar-refractivity contribution in [3.05, 3.63) is 70.6 Å². The summed E-state index contributed by atoms with van der Waals surface area (Å²) in [7, 11) is 1.58. The molecular formula is C22H21N5O2. The van der Waals surface area contributed by atoms with E-state index in [4.69, 9.17) is 20.4 Å². The Hall–Kier alpha value is -3.79. The number of nitrogens with one attached hydrogen (secondary N) is 2. The molecule has 0 bridgehead atoms. The van der Waals surface area contributed by atoms with Crippen molar-refractivity contribution in [1.29, 1.82) is 10.7 Å². The summed E-state index contributed by atoms with van der Waals surface area (Å²) in [4.78, 5) is 0. The Balaban J connectivity index is 1.65. The second kappa shape index (κ2) is 7.68. The van der Waals surface area contributed by atoms with Gasteiger partial charge in [-0.2, -0.15) is 5.26 Å². The van der Waals surface area contributed by atoms with Gasteiger partial charge in [0.05, 0.1) is 36.2 Å². The first kappa shape index (κ1) is 18.6. The molecule has 1 atom stereocenters. The Morgan fingerprint density at radius 3 is 2.97 bits per heavy atom. The lowest BCUT2D eigenvalue weighted by Gasteiger charge is -2.28. The minimum Gasteiger partial charge on any atom is -0.495 e. The van der Waals surface area contributed by atoms with E-state index in [0.717, 1.165) is 30.5 Å². The first-order valence-electron chi connectivity index (χ1n) is 9.36. The number of benzene rings is 2. The predicted octanol–water partition coefficient (Wildman–Crippen LogP) is 4.04. The van der Waals surface area contributed by atoms with Crippen LogP contribution in [0.15, 0.2) is 47.3 Å². The summed E-state index contributed by atoms with van der Waals surface area (Å²) < 4.78 is 10.2. The minimum atomic E-state index is 0.0849. The number of hydrogen-bond acceptors (Lipinski definition) is 7. The summed E-state index contributed by atoms with van der Waals surface area (Å²) in [5.41, 5.74) is 11.8. The van der Waals surface area contributed by atoms with Gasteiger partial charge in [0.1, 0.15) is 18.1 Å². The van der Waals surface area contributed by atoms with Crippen molar-refractivity contribution in [3.63, 3.8) is 0 Å². The SMILES string of the molecule is COc1cc2c(cc1C#N)CCCC2Nc1ccc(N)c(C(=N)c2cnoc2)c1. The van der Waals surface area contributed by atoms with Gasteiger partial charge in [-0.3, -0.25) is 5.41 Å². The quantitative estimate of drug-likeness (QED) is 0.449. The number of aryl methyl sites for hydroxylation is 1. The van der Waals surface area contributed by atoms with Gasteiger partial charge in [-0.25, -0.2) is 0 Å². The number of aromatic nitrogens is 1. The Bertz CT molecular complexity index is 1100. The molecule has 0 aliphatic heterocycles. The fraction of sp³-hybridized carbons (Fsp3) is 0.227. The number of anilines is 2. The highest BCUT2D eigenvalue weighted by atomic mass is 16.5. The maximum Gasteiger partial charge on any atom is 0.136 e. The first-order valence-corrected chi connectivity index (χ1v) is 9.36. The van der Waals surface area contributed by atoms with E-state index in [2.05, 4.69) is 16.5 Å². The number of hydrogen-bond donors (Lipinski definition) is 3. The van der Waals surface area contributed by atoms with Crippen LogP contribution in [0.1, 0.15) is 46.7 Å². The molecule has 0 amide bonds. The van der Waals surface area contributed by atoms with E-state index in [1.54, 1.807) is 13.2 Å². The topological polar surface area (TPSA) is 121 Å². The number of methoxy groups -OCH3 is 1. The molecule has 1 aliphatic carbocycles. The van der Waals surface area contributed by atoms with Crippen molar-refractivity contribution in [1.82, 2.24) is 5.16 Å². The molecule has 7 nitrogen and oxygen atoms in total. The van der Waals surface area contributed by atoms with Gasteiger partial charge in [0.2, 0.25) is 0 Å². The second-order valence-electron chi connectivity index (χ2n) is 7.04. The van der Waals surface area contributed by atoms with Crippen LogP contribution in [0.25, 0.3) is 0 Å². The molecule has 0 fully saturated rings. The third-order valence-electron chi connectivity index (χ3n) is 5.28. The molecule has 0 spiro atoms. The fourth-order valence-electron chi connectivity index (χ4n) is 3.79. The number of nitrogens with zero attached hydrogens (tertiary/aromatic N) is 2. The van der Waals surface area contributed by atoms with Crippen molar-refractivity contribution >= 4 is 17.1 Å². The number of fused-ring (bicyclic) bond motifs is 1. The molecule has 1 aliphatic rings. The van der Waals surface area contributed by atoms with Gasteiger partial charge in [0.25, 0.3) is 0 Å². The maximum absolute atomic E-state index is 9.35. The lowest BCUT2D eigenvalue weighted by molar-refractivity contribution is 0.411. The molecule has 1 heterocycles. The van der Waals surface area contributed by atoms with Crippen LogP contribution in [0.5, 0.6) is 5.75 Å². The summed E-state index contributed by atoms with van der Waals surface area (Å²) in [6, 6.07) is 11.8. The van der Waals surface area contributed by atoms with Gasteiger partial charge in [-0.1, -0.05) is 5.16 Å². The third kappa shape index (κ3) is 3.52. The van der Waals surface area contributed by atoms with Crippen LogP contribution in [0.2, 0.25) is 0 Å². The summed E-state index contributed by atoms with van der Waals surface area (Å²) in [6.07, 6.45) is 5.86. The van der Waals surface area contributed by atoms with E-state index >= 15 is 0 Å². The van der Waals surface area contributed by atoms with Gasteiger partial charge < -0.3 is 20.3 Å². The maximum atomic E-state index is 9.35. The molecule has 1 aromatic heterocycles. The largest absolute Gasteiger partial charge is 0.495 e. The van der Waals surface area contributed by atoms with Crippen LogP contribution >= 0.6 is 0 Å². The van der Waals surface area contributed by atoms with E-state index in [9.17, 15) is 5.26 Å². The minimum absolute atomic E-state index is 0.0849. The average Bonchev–Trinajstić information content (AvgIpc) is 3.28. The normalized spacial score (nSPS) is 15.2. The van der Waals surface area contributed by atoms with Crippen LogP contribution in [0.3, 0.4) is 0 Å². The summed E-state index contributed by atoms with van der Waals surface area (Å²) >= 11 is 0. The first-order chi connectivity index (χ1) is 14.1. The monoisotopic (exact) mass is 387 g/mol. The second-order valence-corrected chi connectivity index (χ2v) is 7.04. The molecule has 0 saturated heterocycles. The van der Waals surface area contributed by atoms with Gasteiger partial charge in [0, 0.05) is 16.9 Å². The van der Waals surface area contributed by atoms with Crippen LogP contribution in [-0.4, -0.2) is 18.0 Å². The number of nitrogen functional groups attached to an aromatic ring is 1. The number of nitrogens with two attached hydrogens (primary N) is 1. The molecule has 1 unspecified atom stereocenters. The van der Waals surface area contributed by atoms with Crippen LogP contribution in [0, 0.1) is 16.7 Å². The van der Waals surface area contributed by atoms with E-state index in [1.165, 1.54) is 18.0 Å². The number of ether oxygens (including phenoxy) is 1. The predicted molar refractivity (Wildman–Crippen MR) is 110 cm³/mol. The highest BCUT2D eigenvalue weighted by Crippen LogP contribution is 2.37. The Labute approximate surface area is 168 Å². The van der Waals surface area contributed by atoms with Crippen molar-refractivity contribution in [2.24, 2.45) is 0 Å².